The first-order valence-corrected chi connectivity index (χ1v) is 9.96. The van der Waals surface area contributed by atoms with Crippen molar-refractivity contribution in [3.05, 3.63) is 0 Å². The molecule has 0 spiro atoms. The maximum atomic E-state index is 10.7. The number of carbonyl (C=O) groups is 3. The van der Waals surface area contributed by atoms with Gasteiger partial charge in [0.2, 0.25) is 5.91 Å². The lowest BCUT2D eigenvalue weighted by atomic mass is 9.97. The van der Waals surface area contributed by atoms with Crippen LogP contribution in [0.3, 0.4) is 0 Å². The molecule has 0 aromatic rings. The molecule has 1 heterocycles. The summed E-state index contributed by atoms with van der Waals surface area (Å²) in [6.45, 7) is 0.687. The predicted octanol–water partition coefficient (Wildman–Crippen LogP) is -7.02. The van der Waals surface area contributed by atoms with Gasteiger partial charge in [0.25, 0.3) is 0 Å². The predicted molar refractivity (Wildman–Crippen MR) is 99.5 cm³/mol. The molecule has 0 saturated carbocycles. The van der Waals surface area contributed by atoms with E-state index in [4.69, 9.17) is 52.9 Å². The standard InChI is InChI=1S/C8H15NO6.C6H10O7.H2O4S/c1-3(11)9-5-7(13)6(12)4(2-10)15-8(5)14;7-1-2(8)3(9)4(10)5(11)6(12)13;1-5(2,3)4/h4-8,10,12-14H,2H2,1H3,(H,9,11);1-5,8-11H,(H,12,13);(H2,1,2,3,4)/t4-,5-,6+,7-,8?;;/m1../s1. The third kappa shape index (κ3) is 13.4. The molecule has 12 N–H and O–H groups in total. The number of carboxylic acids is 1. The van der Waals surface area contributed by atoms with E-state index in [0.29, 0.717) is 0 Å². The van der Waals surface area contributed by atoms with Gasteiger partial charge >= 0.3 is 16.4 Å². The second-order valence-electron chi connectivity index (χ2n) is 6.29. The lowest BCUT2D eigenvalue weighted by Crippen LogP contribution is -2.63. The van der Waals surface area contributed by atoms with E-state index in [9.17, 15) is 29.7 Å². The Morgan fingerprint density at radius 3 is 1.82 bits per heavy atom. The second-order valence-corrected chi connectivity index (χ2v) is 7.19. The third-order valence-electron chi connectivity index (χ3n) is 3.69. The zero-order valence-corrected chi connectivity index (χ0v) is 17.6. The fourth-order valence-electron chi connectivity index (χ4n) is 2.10. The van der Waals surface area contributed by atoms with Crippen LogP contribution in [0.2, 0.25) is 0 Å². The topological polar surface area (TPSA) is 329 Å². The summed E-state index contributed by atoms with van der Waals surface area (Å²) in [5, 5.41) is 82.6. The van der Waals surface area contributed by atoms with Crippen LogP contribution < -0.4 is 5.32 Å². The van der Waals surface area contributed by atoms with Gasteiger partial charge in [-0.05, 0) is 0 Å². The Bertz CT molecular complexity index is 709. The van der Waals surface area contributed by atoms with Gasteiger partial charge < -0.3 is 60.8 Å². The van der Waals surface area contributed by atoms with Gasteiger partial charge in [0, 0.05) is 6.92 Å². The average Bonchev–Trinajstić information content (AvgIpc) is 2.70. The quantitative estimate of drug-likeness (QED) is 0.111. The highest BCUT2D eigenvalue weighted by atomic mass is 32.3. The minimum atomic E-state index is -4.67. The fourth-order valence-corrected chi connectivity index (χ4v) is 2.10. The van der Waals surface area contributed by atoms with E-state index in [1.54, 1.807) is 0 Å². The number of aliphatic carboxylic acids is 1. The first-order valence-electron chi connectivity index (χ1n) is 8.56. The molecule has 1 aliphatic heterocycles. The molecule has 1 rings (SSSR count). The molecule has 196 valence electrons. The molecular weight excluding hydrogens is 486 g/mol. The number of rotatable bonds is 7. The minimum Gasteiger partial charge on any atom is -0.479 e. The van der Waals surface area contributed by atoms with Gasteiger partial charge in [0.15, 0.2) is 18.7 Å². The van der Waals surface area contributed by atoms with E-state index in [1.165, 1.54) is 6.92 Å². The van der Waals surface area contributed by atoms with E-state index in [-0.39, 0.29) is 6.29 Å². The summed E-state index contributed by atoms with van der Waals surface area (Å²) in [5.74, 6) is -2.22. The Balaban J connectivity index is 0. The van der Waals surface area contributed by atoms with Crippen LogP contribution >= 0.6 is 0 Å². The molecule has 5 unspecified atom stereocenters. The van der Waals surface area contributed by atoms with Gasteiger partial charge in [0.1, 0.15) is 42.7 Å². The number of carboxylic acid groups (broad SMARTS) is 1. The molecule has 1 saturated heterocycles. The summed E-state index contributed by atoms with van der Waals surface area (Å²) in [6, 6.07) is -1.10. The van der Waals surface area contributed by atoms with Crippen molar-refractivity contribution in [3.63, 3.8) is 0 Å². The number of carbonyl (C=O) groups excluding carboxylic acids is 2. The smallest absolute Gasteiger partial charge is 0.394 e. The highest BCUT2D eigenvalue weighted by molar-refractivity contribution is 7.79. The summed E-state index contributed by atoms with van der Waals surface area (Å²) in [6.07, 6.45) is -13.6. The molecule has 0 aromatic heterocycles. The maximum Gasteiger partial charge on any atom is 0.394 e. The number of hydrogen-bond donors (Lipinski definition) is 12. The van der Waals surface area contributed by atoms with E-state index in [0.717, 1.165) is 0 Å². The average molecular weight is 513 g/mol. The van der Waals surface area contributed by atoms with E-state index in [1.807, 2.05) is 0 Å². The summed E-state index contributed by atoms with van der Waals surface area (Å²) in [7, 11) is -4.67. The van der Waals surface area contributed by atoms with Gasteiger partial charge in [-0.15, -0.1) is 0 Å². The lowest BCUT2D eigenvalue weighted by Gasteiger charge is -2.40. The summed E-state index contributed by atoms with van der Waals surface area (Å²) < 4.78 is 36.4. The minimum absolute atomic E-state index is 0.0809. The lowest BCUT2D eigenvalue weighted by molar-refractivity contribution is -0.253. The first kappa shape index (κ1) is 33.3. The van der Waals surface area contributed by atoms with E-state index >= 15 is 0 Å². The largest absolute Gasteiger partial charge is 0.479 e. The fraction of sp³-hybridized carbons (Fsp3) is 0.786. The van der Waals surface area contributed by atoms with Crippen LogP contribution in [0.15, 0.2) is 0 Å². The van der Waals surface area contributed by atoms with Crippen molar-refractivity contribution >= 4 is 28.6 Å². The first-order chi connectivity index (χ1) is 14.9. The van der Waals surface area contributed by atoms with Crippen molar-refractivity contribution in [2.45, 2.75) is 62.0 Å². The van der Waals surface area contributed by atoms with Crippen LogP contribution in [0.5, 0.6) is 0 Å². The highest BCUT2D eigenvalue weighted by Crippen LogP contribution is 2.19. The van der Waals surface area contributed by atoms with Crippen LogP contribution in [0, 0.1) is 0 Å². The highest BCUT2D eigenvalue weighted by Gasteiger charge is 2.43. The molecular formula is C14H27NO17S. The Morgan fingerprint density at radius 2 is 1.48 bits per heavy atom. The number of nitrogens with one attached hydrogen (secondary N) is 1. The molecule has 0 bridgehead atoms. The molecule has 0 radical (unpaired) electrons. The van der Waals surface area contributed by atoms with Crippen molar-refractivity contribution in [3.8, 4) is 0 Å². The summed E-state index contributed by atoms with van der Waals surface area (Å²) >= 11 is 0. The number of aliphatic hydroxyl groups is 8. The third-order valence-corrected chi connectivity index (χ3v) is 3.69. The van der Waals surface area contributed by atoms with Gasteiger partial charge in [0.05, 0.1) is 6.61 Å². The molecule has 19 heteroatoms. The molecule has 1 amide bonds. The van der Waals surface area contributed by atoms with Crippen LogP contribution in [0.25, 0.3) is 0 Å². The van der Waals surface area contributed by atoms with E-state index < -0.39 is 83.9 Å². The molecule has 0 aliphatic carbocycles. The molecule has 9 atom stereocenters. The van der Waals surface area contributed by atoms with Crippen LogP contribution in [-0.2, 0) is 29.5 Å². The molecule has 33 heavy (non-hydrogen) atoms. The Hall–Kier alpha value is -1.88. The SMILES string of the molecule is CC(=O)N[C@H]1C(O)O[C@H](CO)[C@H](O)[C@@H]1O.O=CC(O)C(O)C(O)C(O)C(=O)O.O=S(=O)(O)O. The Morgan fingerprint density at radius 1 is 1.03 bits per heavy atom. The molecule has 18 nitrogen and oxygen atoms in total. The summed E-state index contributed by atoms with van der Waals surface area (Å²) in [4.78, 5) is 30.7. The van der Waals surface area contributed by atoms with Crippen molar-refractivity contribution < 1.29 is 82.6 Å². The summed E-state index contributed by atoms with van der Waals surface area (Å²) in [5.41, 5.74) is 0. The number of amides is 1. The van der Waals surface area contributed by atoms with Gasteiger partial charge in [-0.3, -0.25) is 13.9 Å². The number of aldehydes is 1. The van der Waals surface area contributed by atoms with Gasteiger partial charge in [-0.25, -0.2) is 4.79 Å². The molecule has 1 aliphatic rings. The van der Waals surface area contributed by atoms with Crippen LogP contribution in [-0.4, -0.2) is 143 Å². The normalized spacial score (nSPS) is 28.4. The van der Waals surface area contributed by atoms with E-state index in [2.05, 4.69) is 5.32 Å². The van der Waals surface area contributed by atoms with Crippen molar-refractivity contribution in [1.82, 2.24) is 5.32 Å². The number of ether oxygens (including phenoxy) is 1. The molecule has 1 fully saturated rings. The zero-order chi connectivity index (χ0) is 26.7. The molecule has 0 aromatic carbocycles. The number of aliphatic hydroxyl groups excluding tert-OH is 8. The van der Waals surface area contributed by atoms with Gasteiger partial charge in [-0.2, -0.15) is 8.42 Å². The number of hydrogen-bond acceptors (Lipinski definition) is 14. The Kier molecular flexibility index (Phi) is 15.2. The van der Waals surface area contributed by atoms with Crippen LogP contribution in [0.1, 0.15) is 6.92 Å². The second kappa shape index (κ2) is 15.1. The monoisotopic (exact) mass is 513 g/mol. The van der Waals surface area contributed by atoms with Crippen molar-refractivity contribution in [2.24, 2.45) is 0 Å². The maximum absolute atomic E-state index is 10.7. The Labute approximate surface area is 185 Å². The van der Waals surface area contributed by atoms with Gasteiger partial charge in [-0.1, -0.05) is 0 Å². The zero-order valence-electron chi connectivity index (χ0n) is 16.8. The van der Waals surface area contributed by atoms with Crippen molar-refractivity contribution in [1.29, 1.82) is 0 Å². The van der Waals surface area contributed by atoms with Crippen molar-refractivity contribution in [2.75, 3.05) is 6.61 Å². The van der Waals surface area contributed by atoms with Crippen LogP contribution in [0.4, 0.5) is 0 Å².